The maximum Gasteiger partial charge on any atom is 0.277 e. The van der Waals surface area contributed by atoms with Gasteiger partial charge in [-0.3, -0.25) is 4.79 Å². The monoisotopic (exact) mass is 336 g/mol. The number of hydrogen-bond acceptors (Lipinski definition) is 4. The number of nitrogens with zero attached hydrogens (tertiary/aromatic N) is 1. The fourth-order valence-corrected chi connectivity index (χ4v) is 1.67. The molecule has 0 aliphatic carbocycles. The topological polar surface area (TPSA) is 63.8 Å². The van der Waals surface area contributed by atoms with E-state index in [1.165, 1.54) is 6.21 Å². The van der Waals surface area contributed by atoms with Crippen LogP contribution in [0.3, 0.4) is 0 Å². The van der Waals surface area contributed by atoms with Crippen LogP contribution in [-0.2, 0) is 4.79 Å². The largest absolute Gasteiger partial charge is 0.484 e. The van der Waals surface area contributed by atoms with Gasteiger partial charge < -0.3 is 9.15 Å². The Morgan fingerprint density at radius 2 is 2.10 bits per heavy atom. The lowest BCUT2D eigenvalue weighted by molar-refractivity contribution is -0.123. The molecule has 1 aromatic heterocycles. The minimum absolute atomic E-state index is 0.101. The number of hydrazone groups is 1. The zero-order chi connectivity index (χ0) is 14.4. The highest BCUT2D eigenvalue weighted by atomic mass is 79.9. The van der Waals surface area contributed by atoms with Gasteiger partial charge >= 0.3 is 0 Å². The van der Waals surface area contributed by atoms with Crippen molar-refractivity contribution in [1.29, 1.82) is 0 Å². The van der Waals surface area contributed by atoms with Crippen molar-refractivity contribution >= 4 is 28.1 Å². The van der Waals surface area contributed by atoms with E-state index in [0.29, 0.717) is 11.5 Å². The molecule has 1 amide bonds. The first-order valence-corrected chi connectivity index (χ1v) is 6.69. The highest BCUT2D eigenvalue weighted by Crippen LogP contribution is 2.15. The van der Waals surface area contributed by atoms with Crippen molar-refractivity contribution in [2.75, 3.05) is 6.61 Å². The van der Waals surface area contributed by atoms with Crippen molar-refractivity contribution in [2.45, 2.75) is 6.92 Å². The van der Waals surface area contributed by atoms with Gasteiger partial charge in [-0.05, 0) is 43.3 Å². The fraction of sp³-hybridized carbons (Fsp3) is 0.143. The smallest absolute Gasteiger partial charge is 0.277 e. The Hall–Kier alpha value is -2.08. The van der Waals surface area contributed by atoms with Crippen LogP contribution in [0.5, 0.6) is 5.75 Å². The van der Waals surface area contributed by atoms with Crippen molar-refractivity contribution < 1.29 is 13.9 Å². The zero-order valence-corrected chi connectivity index (χ0v) is 12.4. The highest BCUT2D eigenvalue weighted by molar-refractivity contribution is 9.10. The molecule has 2 rings (SSSR count). The van der Waals surface area contributed by atoms with Crippen LogP contribution in [0.25, 0.3) is 0 Å². The van der Waals surface area contributed by atoms with E-state index in [1.807, 2.05) is 25.1 Å². The number of furan rings is 1. The van der Waals surface area contributed by atoms with Crippen molar-refractivity contribution in [3.8, 4) is 5.75 Å². The summed E-state index contributed by atoms with van der Waals surface area (Å²) in [5.74, 6) is 1.65. The summed E-state index contributed by atoms with van der Waals surface area (Å²) in [4.78, 5) is 11.5. The quantitative estimate of drug-likeness (QED) is 0.674. The Labute approximate surface area is 124 Å². The number of aryl methyl sites for hydroxylation is 1. The molecule has 0 spiro atoms. The second kappa shape index (κ2) is 6.91. The molecular formula is C14H13BrN2O3. The van der Waals surface area contributed by atoms with Crippen molar-refractivity contribution in [3.05, 3.63) is 52.4 Å². The third-order valence-electron chi connectivity index (χ3n) is 2.33. The Morgan fingerprint density at radius 3 is 2.75 bits per heavy atom. The summed E-state index contributed by atoms with van der Waals surface area (Å²) >= 11 is 3.32. The van der Waals surface area contributed by atoms with Crippen LogP contribution in [0.1, 0.15) is 11.5 Å². The van der Waals surface area contributed by atoms with E-state index in [1.54, 1.807) is 18.2 Å². The molecule has 0 saturated carbocycles. The average molecular weight is 337 g/mol. The molecule has 0 aliphatic rings. The summed E-state index contributed by atoms with van der Waals surface area (Å²) in [5.41, 5.74) is 2.36. The van der Waals surface area contributed by atoms with Gasteiger partial charge in [0.15, 0.2) is 6.61 Å². The second-order valence-electron chi connectivity index (χ2n) is 3.98. The van der Waals surface area contributed by atoms with Crippen LogP contribution < -0.4 is 10.2 Å². The number of amides is 1. The molecule has 1 heterocycles. The van der Waals surface area contributed by atoms with Crippen molar-refractivity contribution in [3.63, 3.8) is 0 Å². The standard InChI is InChI=1S/C14H13BrN2O3/c1-10-2-5-13(20-10)8-16-17-14(18)9-19-12-6-3-11(15)4-7-12/h2-8H,9H2,1H3,(H,17,18)/b16-8+. The summed E-state index contributed by atoms with van der Waals surface area (Å²) in [7, 11) is 0. The number of carbonyl (C=O) groups is 1. The van der Waals surface area contributed by atoms with Gasteiger partial charge in [-0.1, -0.05) is 15.9 Å². The molecule has 5 nitrogen and oxygen atoms in total. The molecule has 0 unspecified atom stereocenters. The number of rotatable bonds is 5. The van der Waals surface area contributed by atoms with E-state index in [0.717, 1.165) is 10.2 Å². The molecule has 104 valence electrons. The van der Waals surface area contributed by atoms with Crippen LogP contribution in [0.15, 0.2) is 50.4 Å². The van der Waals surface area contributed by atoms with Gasteiger partial charge in [0.05, 0.1) is 6.21 Å². The van der Waals surface area contributed by atoms with Crippen LogP contribution in [0, 0.1) is 6.92 Å². The van der Waals surface area contributed by atoms with Crippen molar-refractivity contribution in [1.82, 2.24) is 5.43 Å². The summed E-state index contributed by atoms with van der Waals surface area (Å²) in [6, 6.07) is 10.8. The summed E-state index contributed by atoms with van der Waals surface area (Å²) in [6.45, 7) is 1.73. The van der Waals surface area contributed by atoms with Gasteiger partial charge in [0, 0.05) is 4.47 Å². The molecule has 0 fully saturated rings. The number of nitrogens with one attached hydrogen (secondary N) is 1. The van der Waals surface area contributed by atoms with E-state index in [2.05, 4.69) is 26.5 Å². The predicted octanol–water partition coefficient (Wildman–Crippen LogP) is 2.88. The summed E-state index contributed by atoms with van der Waals surface area (Å²) in [6.07, 6.45) is 1.44. The van der Waals surface area contributed by atoms with Crippen LogP contribution >= 0.6 is 15.9 Å². The maximum atomic E-state index is 11.5. The molecule has 2 aromatic rings. The first-order valence-electron chi connectivity index (χ1n) is 5.90. The second-order valence-corrected chi connectivity index (χ2v) is 4.90. The molecule has 0 bridgehead atoms. The number of halogens is 1. The number of ether oxygens (including phenoxy) is 1. The predicted molar refractivity (Wildman–Crippen MR) is 78.8 cm³/mol. The first kappa shape index (κ1) is 14.3. The molecule has 6 heteroatoms. The Bertz CT molecular complexity index is 605. The van der Waals surface area contributed by atoms with Gasteiger partial charge in [0.25, 0.3) is 5.91 Å². The normalized spacial score (nSPS) is 10.7. The molecule has 1 aromatic carbocycles. The average Bonchev–Trinajstić information content (AvgIpc) is 2.84. The lowest BCUT2D eigenvalue weighted by Gasteiger charge is -2.04. The van der Waals surface area contributed by atoms with Gasteiger partial charge in [0.2, 0.25) is 0 Å². The minimum Gasteiger partial charge on any atom is -0.484 e. The fourth-order valence-electron chi connectivity index (χ4n) is 1.40. The van der Waals surface area contributed by atoms with E-state index in [4.69, 9.17) is 9.15 Å². The number of benzene rings is 1. The molecule has 0 saturated heterocycles. The molecule has 20 heavy (non-hydrogen) atoms. The molecule has 0 aliphatic heterocycles. The number of carbonyl (C=O) groups excluding carboxylic acids is 1. The van der Waals surface area contributed by atoms with E-state index in [9.17, 15) is 4.79 Å². The van der Waals surface area contributed by atoms with Gasteiger partial charge in [-0.15, -0.1) is 0 Å². The highest BCUT2D eigenvalue weighted by Gasteiger charge is 2.01. The molecule has 1 N–H and O–H groups in total. The summed E-state index contributed by atoms with van der Waals surface area (Å²) < 4.78 is 11.5. The third kappa shape index (κ3) is 4.55. The minimum atomic E-state index is -0.340. The van der Waals surface area contributed by atoms with Gasteiger partial charge in [-0.2, -0.15) is 5.10 Å². The lowest BCUT2D eigenvalue weighted by Crippen LogP contribution is -2.24. The Morgan fingerprint density at radius 1 is 1.35 bits per heavy atom. The third-order valence-corrected chi connectivity index (χ3v) is 2.85. The van der Waals surface area contributed by atoms with Crippen LogP contribution in [-0.4, -0.2) is 18.7 Å². The van der Waals surface area contributed by atoms with Crippen LogP contribution in [0.2, 0.25) is 0 Å². The van der Waals surface area contributed by atoms with Crippen LogP contribution in [0.4, 0.5) is 0 Å². The first-order chi connectivity index (χ1) is 9.63. The zero-order valence-electron chi connectivity index (χ0n) is 10.8. The number of hydrogen-bond donors (Lipinski definition) is 1. The molecular weight excluding hydrogens is 324 g/mol. The molecule has 0 atom stereocenters. The SMILES string of the molecule is Cc1ccc(/C=N/NC(=O)COc2ccc(Br)cc2)o1. The Balaban J connectivity index is 1.75. The van der Waals surface area contributed by atoms with Crippen molar-refractivity contribution in [2.24, 2.45) is 5.10 Å². The van der Waals surface area contributed by atoms with E-state index >= 15 is 0 Å². The van der Waals surface area contributed by atoms with E-state index in [-0.39, 0.29) is 12.5 Å². The van der Waals surface area contributed by atoms with Gasteiger partial charge in [0.1, 0.15) is 17.3 Å². The van der Waals surface area contributed by atoms with E-state index < -0.39 is 0 Å². The van der Waals surface area contributed by atoms with Gasteiger partial charge in [-0.25, -0.2) is 5.43 Å². The maximum absolute atomic E-state index is 11.5. The Kier molecular flexibility index (Phi) is 4.95. The molecule has 0 radical (unpaired) electrons. The summed E-state index contributed by atoms with van der Waals surface area (Å²) in [5, 5.41) is 3.78. The lowest BCUT2D eigenvalue weighted by atomic mass is 10.3.